The molecule has 0 bridgehead atoms. The summed E-state index contributed by atoms with van der Waals surface area (Å²) in [5.74, 6) is 0.642. The summed E-state index contributed by atoms with van der Waals surface area (Å²) >= 11 is 5.77. The number of rotatable bonds is 3. The molecule has 138 valence electrons. The van der Waals surface area contributed by atoms with E-state index in [0.29, 0.717) is 10.6 Å². The van der Waals surface area contributed by atoms with Gasteiger partial charge < -0.3 is 4.74 Å². The molecule has 0 atom stereocenters. The standard InChI is InChI=1S/C22H22N2O2S/c1-26-18-12-10-17(11-13-18)20(25)24-21(27)19(16-8-4-2-5-9-16)23-22(24)14-6-3-7-15-22/h2,4-5,8-13H,3,6-7,14-15H2,1H3. The normalized spacial score (nSPS) is 18.5. The van der Waals surface area contributed by atoms with Crippen LogP contribution in [0.3, 0.4) is 0 Å². The summed E-state index contributed by atoms with van der Waals surface area (Å²) in [6.07, 6.45) is 4.99. The summed E-state index contributed by atoms with van der Waals surface area (Å²) in [6, 6.07) is 17.1. The summed E-state index contributed by atoms with van der Waals surface area (Å²) in [5.41, 5.74) is 1.79. The second kappa shape index (κ2) is 7.24. The van der Waals surface area contributed by atoms with Crippen molar-refractivity contribution in [2.24, 2.45) is 4.99 Å². The molecular formula is C22H22N2O2S. The zero-order chi connectivity index (χ0) is 18.9. The smallest absolute Gasteiger partial charge is 0.260 e. The van der Waals surface area contributed by atoms with Crippen molar-refractivity contribution in [2.45, 2.75) is 37.8 Å². The third-order valence-corrected chi connectivity index (χ3v) is 5.76. The molecule has 0 aromatic heterocycles. The summed E-state index contributed by atoms with van der Waals surface area (Å²) in [7, 11) is 1.61. The Hall–Kier alpha value is -2.53. The third kappa shape index (κ3) is 3.16. The van der Waals surface area contributed by atoms with E-state index in [0.717, 1.165) is 42.7 Å². The Bertz CT molecular complexity index is 884. The van der Waals surface area contributed by atoms with Gasteiger partial charge in [0, 0.05) is 11.1 Å². The Morgan fingerprint density at radius 1 is 1.04 bits per heavy atom. The third-order valence-electron chi connectivity index (χ3n) is 5.38. The van der Waals surface area contributed by atoms with Crippen molar-refractivity contribution in [2.75, 3.05) is 7.11 Å². The van der Waals surface area contributed by atoms with Gasteiger partial charge in [0.1, 0.15) is 22.1 Å². The van der Waals surface area contributed by atoms with Gasteiger partial charge in [-0.2, -0.15) is 0 Å². The number of thiocarbonyl (C=S) groups is 1. The SMILES string of the molecule is COc1ccc(C(=O)N2C(=S)C(c3ccccc3)=NC23CCCCC3)cc1. The molecule has 1 aliphatic heterocycles. The van der Waals surface area contributed by atoms with E-state index in [9.17, 15) is 4.79 Å². The van der Waals surface area contributed by atoms with Gasteiger partial charge in [0.15, 0.2) is 0 Å². The first-order valence-corrected chi connectivity index (χ1v) is 9.74. The van der Waals surface area contributed by atoms with Crippen LogP contribution in [-0.2, 0) is 0 Å². The maximum absolute atomic E-state index is 13.4. The van der Waals surface area contributed by atoms with Crippen molar-refractivity contribution in [3.8, 4) is 5.75 Å². The molecule has 0 N–H and O–H groups in total. The van der Waals surface area contributed by atoms with Crippen molar-refractivity contribution in [1.29, 1.82) is 0 Å². The van der Waals surface area contributed by atoms with E-state index in [1.165, 1.54) is 6.42 Å². The zero-order valence-electron chi connectivity index (χ0n) is 15.4. The summed E-state index contributed by atoms with van der Waals surface area (Å²) in [5, 5.41) is 0. The number of carbonyl (C=O) groups is 1. The highest BCUT2D eigenvalue weighted by Crippen LogP contribution is 2.41. The molecule has 1 fully saturated rings. The van der Waals surface area contributed by atoms with Gasteiger partial charge in [-0.3, -0.25) is 14.7 Å². The van der Waals surface area contributed by atoms with Crippen molar-refractivity contribution in [3.63, 3.8) is 0 Å². The van der Waals surface area contributed by atoms with Gasteiger partial charge in [-0.15, -0.1) is 0 Å². The van der Waals surface area contributed by atoms with Crippen molar-refractivity contribution >= 4 is 28.8 Å². The molecule has 27 heavy (non-hydrogen) atoms. The lowest BCUT2D eigenvalue weighted by Gasteiger charge is -2.38. The summed E-state index contributed by atoms with van der Waals surface area (Å²) in [6.45, 7) is 0. The van der Waals surface area contributed by atoms with E-state index in [2.05, 4.69) is 0 Å². The lowest BCUT2D eigenvalue weighted by atomic mass is 9.88. The minimum atomic E-state index is -0.544. The number of nitrogens with zero attached hydrogens (tertiary/aromatic N) is 2. The Kier molecular flexibility index (Phi) is 4.79. The predicted octanol–water partition coefficient (Wildman–Crippen LogP) is 4.63. The van der Waals surface area contributed by atoms with E-state index in [4.69, 9.17) is 21.9 Å². The number of benzene rings is 2. The fourth-order valence-electron chi connectivity index (χ4n) is 3.98. The average molecular weight is 378 g/mol. The van der Waals surface area contributed by atoms with E-state index in [1.807, 2.05) is 30.3 Å². The molecule has 1 saturated carbocycles. The molecule has 5 heteroatoms. The predicted molar refractivity (Wildman–Crippen MR) is 111 cm³/mol. The van der Waals surface area contributed by atoms with Crippen LogP contribution in [0.4, 0.5) is 0 Å². The first-order chi connectivity index (χ1) is 13.1. The topological polar surface area (TPSA) is 41.9 Å². The number of aliphatic imine (C=N–C) groups is 1. The van der Waals surface area contributed by atoms with Gasteiger partial charge in [-0.05, 0) is 49.9 Å². The Labute approximate surface area is 164 Å². The van der Waals surface area contributed by atoms with Crippen molar-refractivity contribution in [3.05, 3.63) is 65.7 Å². The quantitative estimate of drug-likeness (QED) is 0.732. The maximum Gasteiger partial charge on any atom is 0.260 e. The fourth-order valence-corrected chi connectivity index (χ4v) is 4.40. The van der Waals surface area contributed by atoms with Gasteiger partial charge in [0.05, 0.1) is 7.11 Å². The van der Waals surface area contributed by atoms with Crippen LogP contribution in [0, 0.1) is 0 Å². The molecule has 1 amide bonds. The van der Waals surface area contributed by atoms with E-state index in [1.54, 1.807) is 36.3 Å². The highest BCUT2D eigenvalue weighted by atomic mass is 32.1. The summed E-state index contributed by atoms with van der Waals surface area (Å²) in [4.78, 5) is 20.8. The molecule has 1 spiro atoms. The molecular weight excluding hydrogens is 356 g/mol. The zero-order valence-corrected chi connectivity index (χ0v) is 16.2. The van der Waals surface area contributed by atoms with E-state index < -0.39 is 5.66 Å². The van der Waals surface area contributed by atoms with Crippen LogP contribution in [0.25, 0.3) is 0 Å². The lowest BCUT2D eigenvalue weighted by Crippen LogP contribution is -2.50. The summed E-state index contributed by atoms with van der Waals surface area (Å²) < 4.78 is 5.21. The van der Waals surface area contributed by atoms with E-state index >= 15 is 0 Å². The lowest BCUT2D eigenvalue weighted by molar-refractivity contribution is 0.0648. The molecule has 0 radical (unpaired) electrons. The van der Waals surface area contributed by atoms with Gasteiger partial charge in [0.2, 0.25) is 0 Å². The molecule has 2 aliphatic rings. The Balaban J connectivity index is 1.74. The molecule has 4 nitrogen and oxygen atoms in total. The highest BCUT2D eigenvalue weighted by Gasteiger charge is 2.48. The monoisotopic (exact) mass is 378 g/mol. The van der Waals surface area contributed by atoms with Crippen molar-refractivity contribution in [1.82, 2.24) is 4.90 Å². The van der Waals surface area contributed by atoms with Crippen LogP contribution >= 0.6 is 12.2 Å². The molecule has 1 heterocycles. The van der Waals surface area contributed by atoms with Crippen LogP contribution in [0.15, 0.2) is 59.6 Å². The van der Waals surface area contributed by atoms with Gasteiger partial charge in [-0.1, -0.05) is 49.0 Å². The van der Waals surface area contributed by atoms with Gasteiger partial charge in [-0.25, -0.2) is 0 Å². The number of ether oxygens (including phenoxy) is 1. The highest BCUT2D eigenvalue weighted by molar-refractivity contribution is 7.82. The molecule has 0 unspecified atom stereocenters. The Morgan fingerprint density at radius 3 is 2.33 bits per heavy atom. The molecule has 2 aromatic rings. The minimum absolute atomic E-state index is 0.0840. The van der Waals surface area contributed by atoms with Crippen LogP contribution in [0.5, 0.6) is 5.75 Å². The van der Waals surface area contributed by atoms with Gasteiger partial charge in [0.25, 0.3) is 5.91 Å². The maximum atomic E-state index is 13.4. The first kappa shape index (κ1) is 17.9. The second-order valence-corrected chi connectivity index (χ2v) is 7.43. The van der Waals surface area contributed by atoms with Crippen molar-refractivity contribution < 1.29 is 9.53 Å². The molecule has 4 rings (SSSR count). The number of hydrogen-bond acceptors (Lipinski definition) is 4. The molecule has 2 aromatic carbocycles. The van der Waals surface area contributed by atoms with E-state index in [-0.39, 0.29) is 5.91 Å². The number of methoxy groups -OCH3 is 1. The minimum Gasteiger partial charge on any atom is -0.497 e. The largest absolute Gasteiger partial charge is 0.497 e. The van der Waals surface area contributed by atoms with Crippen LogP contribution in [0.2, 0.25) is 0 Å². The molecule has 0 saturated heterocycles. The van der Waals surface area contributed by atoms with Crippen LogP contribution in [0.1, 0.15) is 48.0 Å². The number of amides is 1. The van der Waals surface area contributed by atoms with Gasteiger partial charge >= 0.3 is 0 Å². The first-order valence-electron chi connectivity index (χ1n) is 9.33. The molecule has 1 aliphatic carbocycles. The number of carbonyl (C=O) groups excluding carboxylic acids is 1. The average Bonchev–Trinajstić information content (AvgIpc) is 3.00. The van der Waals surface area contributed by atoms with Crippen LogP contribution < -0.4 is 4.74 Å². The number of hydrogen-bond donors (Lipinski definition) is 0. The Morgan fingerprint density at radius 2 is 1.70 bits per heavy atom. The van der Waals surface area contributed by atoms with Crippen LogP contribution in [-0.4, -0.2) is 34.3 Å². The second-order valence-electron chi connectivity index (χ2n) is 7.04. The fraction of sp³-hybridized carbons (Fsp3) is 0.318.